The van der Waals surface area contributed by atoms with Gasteiger partial charge in [-0.15, -0.1) is 0 Å². The summed E-state index contributed by atoms with van der Waals surface area (Å²) >= 11 is 3.49. The maximum Gasteiger partial charge on any atom is 0.123 e. The topological polar surface area (TPSA) is 32.7 Å². The van der Waals surface area contributed by atoms with E-state index in [4.69, 9.17) is 4.74 Å². The van der Waals surface area contributed by atoms with Crippen molar-refractivity contribution >= 4 is 15.9 Å². The van der Waals surface area contributed by atoms with Crippen LogP contribution in [0.3, 0.4) is 0 Å². The summed E-state index contributed by atoms with van der Waals surface area (Å²) in [6, 6.07) is 6.18. The molecule has 3 rings (SSSR count). The van der Waals surface area contributed by atoms with Gasteiger partial charge in [0.25, 0.3) is 0 Å². The van der Waals surface area contributed by atoms with E-state index in [2.05, 4.69) is 40.7 Å². The molecular weight excluding hydrogens is 306 g/mol. The Kier molecular flexibility index (Phi) is 3.36. The third kappa shape index (κ3) is 2.54. The SMILES string of the molecule is CC(C)C1(O)CN(CC2Cc3cc(Br)ccc3O2)C1. The first-order valence-electron chi connectivity index (χ1n) is 6.86. The van der Waals surface area contributed by atoms with Gasteiger partial charge in [-0.3, -0.25) is 4.90 Å². The van der Waals surface area contributed by atoms with Crippen LogP contribution in [0.5, 0.6) is 5.75 Å². The normalized spacial score (nSPS) is 25.0. The fourth-order valence-electron chi connectivity index (χ4n) is 2.90. The number of rotatable bonds is 3. The summed E-state index contributed by atoms with van der Waals surface area (Å²) in [5.41, 5.74) is 0.785. The van der Waals surface area contributed by atoms with Gasteiger partial charge in [0.1, 0.15) is 11.9 Å². The van der Waals surface area contributed by atoms with E-state index in [1.54, 1.807) is 0 Å². The van der Waals surface area contributed by atoms with Crippen molar-refractivity contribution in [2.24, 2.45) is 5.92 Å². The number of fused-ring (bicyclic) bond motifs is 1. The third-order valence-electron chi connectivity index (χ3n) is 4.30. The van der Waals surface area contributed by atoms with Crippen LogP contribution in [0.25, 0.3) is 0 Å². The smallest absolute Gasteiger partial charge is 0.123 e. The number of halogens is 1. The molecule has 1 unspecified atom stereocenters. The zero-order valence-electron chi connectivity index (χ0n) is 11.4. The van der Waals surface area contributed by atoms with Gasteiger partial charge in [0, 0.05) is 30.5 Å². The molecule has 1 fully saturated rings. The van der Waals surface area contributed by atoms with Crippen LogP contribution in [0, 0.1) is 5.92 Å². The highest BCUT2D eigenvalue weighted by atomic mass is 79.9. The van der Waals surface area contributed by atoms with Crippen molar-refractivity contribution in [3.05, 3.63) is 28.2 Å². The van der Waals surface area contributed by atoms with Crippen LogP contribution in [-0.2, 0) is 6.42 Å². The summed E-state index contributed by atoms with van der Waals surface area (Å²) in [4.78, 5) is 2.28. The highest BCUT2D eigenvalue weighted by Crippen LogP contribution is 2.34. The predicted octanol–water partition coefficient (Wildman–Crippen LogP) is 2.46. The lowest BCUT2D eigenvalue weighted by Gasteiger charge is -2.49. The highest BCUT2D eigenvalue weighted by Gasteiger charge is 2.44. The van der Waals surface area contributed by atoms with E-state index in [1.807, 2.05) is 12.1 Å². The zero-order chi connectivity index (χ0) is 13.6. The van der Waals surface area contributed by atoms with Crippen molar-refractivity contribution in [2.45, 2.75) is 32.0 Å². The molecule has 0 spiro atoms. The molecule has 1 N–H and O–H groups in total. The van der Waals surface area contributed by atoms with Gasteiger partial charge in [-0.1, -0.05) is 29.8 Å². The summed E-state index contributed by atoms with van der Waals surface area (Å²) in [6.07, 6.45) is 1.19. The fraction of sp³-hybridized carbons (Fsp3) is 0.600. The van der Waals surface area contributed by atoms with Gasteiger partial charge < -0.3 is 9.84 Å². The number of ether oxygens (including phenoxy) is 1. The van der Waals surface area contributed by atoms with Crippen LogP contribution in [0.1, 0.15) is 19.4 Å². The van der Waals surface area contributed by atoms with Crippen molar-refractivity contribution in [1.82, 2.24) is 4.90 Å². The average molecular weight is 326 g/mol. The molecule has 1 atom stereocenters. The lowest BCUT2D eigenvalue weighted by Crippen LogP contribution is -2.65. The number of hydrogen-bond donors (Lipinski definition) is 1. The monoisotopic (exact) mass is 325 g/mol. The molecule has 0 aromatic heterocycles. The molecule has 3 nitrogen and oxygen atoms in total. The van der Waals surface area contributed by atoms with Gasteiger partial charge in [-0.2, -0.15) is 0 Å². The largest absolute Gasteiger partial charge is 0.488 e. The number of benzene rings is 1. The predicted molar refractivity (Wildman–Crippen MR) is 78.5 cm³/mol. The molecule has 0 aliphatic carbocycles. The van der Waals surface area contributed by atoms with Gasteiger partial charge in [-0.05, 0) is 29.7 Å². The van der Waals surface area contributed by atoms with E-state index in [1.165, 1.54) is 5.56 Å². The molecule has 19 heavy (non-hydrogen) atoms. The fourth-order valence-corrected chi connectivity index (χ4v) is 3.31. The maximum atomic E-state index is 10.3. The first kappa shape index (κ1) is 13.4. The van der Waals surface area contributed by atoms with Crippen molar-refractivity contribution in [3.8, 4) is 5.75 Å². The Hall–Kier alpha value is -0.580. The Bertz CT molecular complexity index is 483. The Labute approximate surface area is 122 Å². The number of β-amino-alcohol motifs (C(OH)–C–C–N with tert-alkyl or cyclic N) is 1. The molecule has 1 saturated heterocycles. The van der Waals surface area contributed by atoms with E-state index < -0.39 is 5.60 Å². The maximum absolute atomic E-state index is 10.3. The second kappa shape index (κ2) is 4.76. The number of aliphatic hydroxyl groups is 1. The molecule has 1 aromatic carbocycles. The van der Waals surface area contributed by atoms with Crippen LogP contribution < -0.4 is 4.74 Å². The summed E-state index contributed by atoms with van der Waals surface area (Å²) in [5.74, 6) is 1.33. The summed E-state index contributed by atoms with van der Waals surface area (Å²) < 4.78 is 7.06. The molecule has 104 valence electrons. The first-order valence-corrected chi connectivity index (χ1v) is 7.65. The van der Waals surface area contributed by atoms with Gasteiger partial charge in [0.15, 0.2) is 0 Å². The second-order valence-electron chi connectivity index (χ2n) is 6.12. The van der Waals surface area contributed by atoms with Crippen LogP contribution in [0.15, 0.2) is 22.7 Å². The summed E-state index contributed by atoms with van der Waals surface area (Å²) in [6.45, 7) is 6.60. The Balaban J connectivity index is 1.55. The van der Waals surface area contributed by atoms with Crippen LogP contribution >= 0.6 is 15.9 Å². The van der Waals surface area contributed by atoms with Crippen molar-refractivity contribution < 1.29 is 9.84 Å². The van der Waals surface area contributed by atoms with Crippen molar-refractivity contribution in [1.29, 1.82) is 0 Å². The molecule has 0 bridgehead atoms. The molecule has 2 heterocycles. The van der Waals surface area contributed by atoms with E-state index in [0.29, 0.717) is 5.92 Å². The molecule has 1 aromatic rings. The summed E-state index contributed by atoms with van der Waals surface area (Å²) in [5, 5.41) is 10.3. The molecule has 2 aliphatic rings. The van der Waals surface area contributed by atoms with E-state index in [-0.39, 0.29) is 6.10 Å². The molecule has 4 heteroatoms. The van der Waals surface area contributed by atoms with E-state index in [0.717, 1.165) is 36.3 Å². The quantitative estimate of drug-likeness (QED) is 0.926. The molecule has 0 saturated carbocycles. The number of hydrogen-bond acceptors (Lipinski definition) is 3. The van der Waals surface area contributed by atoms with Crippen molar-refractivity contribution in [3.63, 3.8) is 0 Å². The van der Waals surface area contributed by atoms with Crippen LogP contribution in [0.4, 0.5) is 0 Å². The third-order valence-corrected chi connectivity index (χ3v) is 4.79. The standard InChI is InChI=1S/C15H20BrNO2/c1-10(2)15(18)8-17(9-15)7-13-6-11-5-12(16)3-4-14(11)19-13/h3-5,10,13,18H,6-9H2,1-2H3. The Morgan fingerprint density at radius 1 is 1.47 bits per heavy atom. The minimum absolute atomic E-state index is 0.223. The van der Waals surface area contributed by atoms with Crippen LogP contribution in [0.2, 0.25) is 0 Å². The minimum Gasteiger partial charge on any atom is -0.488 e. The molecule has 0 amide bonds. The van der Waals surface area contributed by atoms with Gasteiger partial charge >= 0.3 is 0 Å². The summed E-state index contributed by atoms with van der Waals surface area (Å²) in [7, 11) is 0. The first-order chi connectivity index (χ1) is 8.96. The second-order valence-corrected chi connectivity index (χ2v) is 7.04. The van der Waals surface area contributed by atoms with Gasteiger partial charge in [0.2, 0.25) is 0 Å². The lowest BCUT2D eigenvalue weighted by molar-refractivity contribution is -0.133. The van der Waals surface area contributed by atoms with E-state index >= 15 is 0 Å². The average Bonchev–Trinajstić information content (AvgIpc) is 2.67. The molecule has 0 radical (unpaired) electrons. The van der Waals surface area contributed by atoms with Crippen molar-refractivity contribution in [2.75, 3.05) is 19.6 Å². The molecular formula is C15H20BrNO2. The highest BCUT2D eigenvalue weighted by molar-refractivity contribution is 9.10. The molecule has 2 aliphatic heterocycles. The van der Waals surface area contributed by atoms with Crippen LogP contribution in [-0.4, -0.2) is 41.3 Å². The number of likely N-dealkylation sites (tertiary alicyclic amines) is 1. The lowest BCUT2D eigenvalue weighted by atomic mass is 9.83. The zero-order valence-corrected chi connectivity index (χ0v) is 13.0. The Morgan fingerprint density at radius 2 is 2.21 bits per heavy atom. The number of nitrogens with zero attached hydrogens (tertiary/aromatic N) is 1. The minimum atomic E-state index is -0.492. The van der Waals surface area contributed by atoms with Gasteiger partial charge in [0.05, 0.1) is 5.60 Å². The van der Waals surface area contributed by atoms with E-state index in [9.17, 15) is 5.11 Å². The Morgan fingerprint density at radius 3 is 2.89 bits per heavy atom. The van der Waals surface area contributed by atoms with Gasteiger partial charge in [-0.25, -0.2) is 0 Å².